The maximum absolute atomic E-state index is 6.22. The Morgan fingerprint density at radius 1 is 1.43 bits per heavy atom. The molecule has 1 aromatic carbocycles. The second kappa shape index (κ2) is 3.92. The minimum absolute atomic E-state index is 0.514. The van der Waals surface area contributed by atoms with Crippen molar-refractivity contribution in [3.63, 3.8) is 0 Å². The molecule has 0 amide bonds. The summed E-state index contributed by atoms with van der Waals surface area (Å²) >= 11 is 6.22. The summed E-state index contributed by atoms with van der Waals surface area (Å²) in [6.07, 6.45) is 2.41. The van der Waals surface area contributed by atoms with Crippen molar-refractivity contribution in [1.82, 2.24) is 0 Å². The Morgan fingerprint density at radius 3 is 2.93 bits per heavy atom. The van der Waals surface area contributed by atoms with Gasteiger partial charge in [0.15, 0.2) is 0 Å². The summed E-state index contributed by atoms with van der Waals surface area (Å²) < 4.78 is 0. The first-order valence-corrected chi connectivity index (χ1v) is 5.60. The third-order valence-corrected chi connectivity index (χ3v) is 3.58. The first-order valence-electron chi connectivity index (χ1n) is 5.22. The van der Waals surface area contributed by atoms with Crippen molar-refractivity contribution in [1.29, 1.82) is 0 Å². The summed E-state index contributed by atoms with van der Waals surface area (Å²) in [4.78, 5) is 0. The smallest absolute Gasteiger partial charge is 0.0443 e. The molecule has 14 heavy (non-hydrogen) atoms. The molecule has 0 bridgehead atoms. The van der Waals surface area contributed by atoms with Gasteiger partial charge in [-0.15, -0.1) is 0 Å². The zero-order valence-corrected chi connectivity index (χ0v) is 9.22. The summed E-state index contributed by atoms with van der Waals surface area (Å²) in [5.41, 5.74) is 8.47. The molecule has 76 valence electrons. The number of nitrogens with two attached hydrogens (primary N) is 1. The van der Waals surface area contributed by atoms with Crippen molar-refractivity contribution in [2.75, 3.05) is 6.54 Å². The standard InChI is InChI=1S/C12H16ClN/c1-8-5-6-9(7-14)10-3-2-4-11(13)12(8)10/h2-4,8-9H,5-7,14H2,1H3. The van der Waals surface area contributed by atoms with E-state index in [-0.39, 0.29) is 0 Å². The Kier molecular flexibility index (Phi) is 2.80. The molecule has 0 radical (unpaired) electrons. The predicted molar refractivity (Wildman–Crippen MR) is 60.9 cm³/mol. The van der Waals surface area contributed by atoms with Crippen LogP contribution in [0.1, 0.15) is 42.7 Å². The van der Waals surface area contributed by atoms with E-state index in [0.717, 1.165) is 11.6 Å². The second-order valence-corrected chi connectivity index (χ2v) is 4.56. The lowest BCUT2D eigenvalue weighted by Crippen LogP contribution is -2.20. The quantitative estimate of drug-likeness (QED) is 0.755. The molecule has 2 N–H and O–H groups in total. The molecule has 0 fully saturated rings. The first kappa shape index (κ1) is 10.0. The Labute approximate surface area is 90.3 Å². The summed E-state index contributed by atoms with van der Waals surface area (Å²) in [6.45, 7) is 2.98. The number of halogens is 1. The lowest BCUT2D eigenvalue weighted by Gasteiger charge is -2.29. The highest BCUT2D eigenvalue weighted by Crippen LogP contribution is 2.41. The van der Waals surface area contributed by atoms with Crippen LogP contribution in [-0.4, -0.2) is 6.54 Å². The van der Waals surface area contributed by atoms with Gasteiger partial charge in [0, 0.05) is 5.02 Å². The van der Waals surface area contributed by atoms with Crippen LogP contribution < -0.4 is 5.73 Å². The van der Waals surface area contributed by atoms with Crippen LogP contribution in [0, 0.1) is 0 Å². The van der Waals surface area contributed by atoms with E-state index >= 15 is 0 Å². The lowest BCUT2D eigenvalue weighted by atomic mass is 9.77. The van der Waals surface area contributed by atoms with Crippen LogP contribution in [0.5, 0.6) is 0 Å². The van der Waals surface area contributed by atoms with Crippen LogP contribution >= 0.6 is 11.6 Å². The summed E-state index contributed by atoms with van der Waals surface area (Å²) in [6, 6.07) is 6.19. The average molecular weight is 210 g/mol. The van der Waals surface area contributed by atoms with Gasteiger partial charge in [0.2, 0.25) is 0 Å². The molecule has 0 saturated heterocycles. The Hall–Kier alpha value is -0.530. The topological polar surface area (TPSA) is 26.0 Å². The molecule has 0 aromatic heterocycles. The molecule has 2 rings (SSSR count). The van der Waals surface area contributed by atoms with Gasteiger partial charge in [-0.1, -0.05) is 30.7 Å². The van der Waals surface area contributed by atoms with Crippen molar-refractivity contribution in [3.8, 4) is 0 Å². The molecule has 0 heterocycles. The van der Waals surface area contributed by atoms with Crippen molar-refractivity contribution < 1.29 is 0 Å². The highest BCUT2D eigenvalue weighted by molar-refractivity contribution is 6.31. The molecule has 1 aliphatic carbocycles. The zero-order valence-electron chi connectivity index (χ0n) is 8.46. The number of fused-ring (bicyclic) bond motifs is 1. The molecule has 0 spiro atoms. The van der Waals surface area contributed by atoms with E-state index in [4.69, 9.17) is 17.3 Å². The molecule has 1 aliphatic rings. The van der Waals surface area contributed by atoms with E-state index in [0.29, 0.717) is 11.8 Å². The number of hydrogen-bond donors (Lipinski definition) is 1. The average Bonchev–Trinajstić information content (AvgIpc) is 2.18. The maximum Gasteiger partial charge on any atom is 0.0443 e. The molecule has 0 aliphatic heterocycles. The molecule has 2 unspecified atom stereocenters. The van der Waals surface area contributed by atoms with Gasteiger partial charge in [0.05, 0.1) is 0 Å². The number of hydrogen-bond acceptors (Lipinski definition) is 1. The first-order chi connectivity index (χ1) is 6.74. The van der Waals surface area contributed by atoms with E-state index in [1.54, 1.807) is 0 Å². The third-order valence-electron chi connectivity index (χ3n) is 3.25. The predicted octanol–water partition coefficient (Wildman–Crippen LogP) is 3.28. The minimum atomic E-state index is 0.514. The third kappa shape index (κ3) is 1.55. The van der Waals surface area contributed by atoms with Crippen LogP contribution in [-0.2, 0) is 0 Å². The molecule has 1 aromatic rings. The van der Waals surface area contributed by atoms with Crippen LogP contribution in [0.4, 0.5) is 0 Å². The van der Waals surface area contributed by atoms with Crippen LogP contribution in [0.2, 0.25) is 5.02 Å². The van der Waals surface area contributed by atoms with Crippen LogP contribution in [0.15, 0.2) is 18.2 Å². The summed E-state index contributed by atoms with van der Waals surface area (Å²) in [7, 11) is 0. The molecular weight excluding hydrogens is 194 g/mol. The Morgan fingerprint density at radius 2 is 2.21 bits per heavy atom. The van der Waals surface area contributed by atoms with Gasteiger partial charge in [-0.2, -0.15) is 0 Å². The van der Waals surface area contributed by atoms with Gasteiger partial charge in [0.25, 0.3) is 0 Å². The fourth-order valence-electron chi connectivity index (χ4n) is 2.43. The SMILES string of the molecule is CC1CCC(CN)c2cccc(Cl)c21. The monoisotopic (exact) mass is 209 g/mol. The van der Waals surface area contributed by atoms with Gasteiger partial charge in [-0.05, 0) is 48.4 Å². The molecule has 2 heteroatoms. The van der Waals surface area contributed by atoms with E-state index in [1.807, 2.05) is 12.1 Å². The zero-order chi connectivity index (χ0) is 10.1. The fourth-order valence-corrected chi connectivity index (χ4v) is 2.79. The summed E-state index contributed by atoms with van der Waals surface area (Å²) in [5.74, 6) is 1.10. The summed E-state index contributed by atoms with van der Waals surface area (Å²) in [5, 5.41) is 0.910. The highest BCUT2D eigenvalue weighted by Gasteiger charge is 2.25. The van der Waals surface area contributed by atoms with Gasteiger partial charge >= 0.3 is 0 Å². The van der Waals surface area contributed by atoms with Gasteiger partial charge in [0.1, 0.15) is 0 Å². The van der Waals surface area contributed by atoms with E-state index in [2.05, 4.69) is 13.0 Å². The lowest BCUT2D eigenvalue weighted by molar-refractivity contribution is 0.508. The van der Waals surface area contributed by atoms with E-state index in [1.165, 1.54) is 24.0 Å². The van der Waals surface area contributed by atoms with Gasteiger partial charge < -0.3 is 5.73 Å². The number of rotatable bonds is 1. The molecule has 0 saturated carbocycles. The Bertz CT molecular complexity index is 335. The fraction of sp³-hybridized carbons (Fsp3) is 0.500. The second-order valence-electron chi connectivity index (χ2n) is 4.15. The molecule has 2 atom stereocenters. The Balaban J connectivity index is 2.50. The highest BCUT2D eigenvalue weighted by atomic mass is 35.5. The van der Waals surface area contributed by atoms with Crippen molar-refractivity contribution >= 4 is 11.6 Å². The van der Waals surface area contributed by atoms with Crippen LogP contribution in [0.3, 0.4) is 0 Å². The van der Waals surface area contributed by atoms with Gasteiger partial charge in [-0.3, -0.25) is 0 Å². The molecule has 1 nitrogen and oxygen atoms in total. The van der Waals surface area contributed by atoms with Crippen LogP contribution in [0.25, 0.3) is 0 Å². The van der Waals surface area contributed by atoms with E-state index < -0.39 is 0 Å². The number of benzene rings is 1. The van der Waals surface area contributed by atoms with Crippen molar-refractivity contribution in [2.45, 2.75) is 31.6 Å². The molecular formula is C12H16ClN. The van der Waals surface area contributed by atoms with Crippen molar-refractivity contribution in [3.05, 3.63) is 34.3 Å². The van der Waals surface area contributed by atoms with E-state index in [9.17, 15) is 0 Å². The maximum atomic E-state index is 6.22. The van der Waals surface area contributed by atoms with Crippen molar-refractivity contribution in [2.24, 2.45) is 5.73 Å². The largest absolute Gasteiger partial charge is 0.330 e. The van der Waals surface area contributed by atoms with Gasteiger partial charge in [-0.25, -0.2) is 0 Å². The normalized spacial score (nSPS) is 25.9. The minimum Gasteiger partial charge on any atom is -0.330 e.